The monoisotopic (exact) mass is 287 g/mol. The molecule has 3 nitrogen and oxygen atoms in total. The lowest BCUT2D eigenvalue weighted by Crippen LogP contribution is -2.23. The van der Waals surface area contributed by atoms with Crippen molar-refractivity contribution in [1.29, 1.82) is 0 Å². The molecule has 0 spiro atoms. The minimum absolute atomic E-state index is 0.0812. The zero-order valence-corrected chi connectivity index (χ0v) is 12.3. The molecule has 2 aromatic rings. The summed E-state index contributed by atoms with van der Waals surface area (Å²) in [6.45, 7) is 3.38. The van der Waals surface area contributed by atoms with Gasteiger partial charge in [-0.05, 0) is 30.2 Å². The number of carbonyl (C=O) groups excluding carboxylic acids is 1. The topological polar surface area (TPSA) is 38.3 Å². The van der Waals surface area contributed by atoms with Crippen molar-refractivity contribution >= 4 is 5.91 Å². The summed E-state index contributed by atoms with van der Waals surface area (Å²) in [5.74, 6) is 0.0945. The van der Waals surface area contributed by atoms with Gasteiger partial charge in [-0.1, -0.05) is 30.3 Å². The molecule has 0 bridgehead atoms. The van der Waals surface area contributed by atoms with E-state index < -0.39 is 0 Å². The van der Waals surface area contributed by atoms with Gasteiger partial charge in [0.2, 0.25) is 5.91 Å². The lowest BCUT2D eigenvalue weighted by molar-refractivity contribution is -0.119. The van der Waals surface area contributed by atoms with E-state index in [0.29, 0.717) is 11.3 Å². The van der Waals surface area contributed by atoms with Crippen LogP contribution >= 0.6 is 0 Å². The first kappa shape index (κ1) is 15.0. The van der Waals surface area contributed by atoms with Crippen molar-refractivity contribution < 1.29 is 13.9 Å². The molecule has 0 aliphatic carbocycles. The molecule has 2 rings (SSSR count). The van der Waals surface area contributed by atoms with Crippen LogP contribution in [0.5, 0.6) is 5.75 Å². The number of hydrogen-bond acceptors (Lipinski definition) is 2. The molecule has 0 saturated carbocycles. The number of rotatable bonds is 4. The second-order valence-electron chi connectivity index (χ2n) is 4.86. The first-order valence-electron chi connectivity index (χ1n) is 6.73. The fourth-order valence-electron chi connectivity index (χ4n) is 2.28. The van der Waals surface area contributed by atoms with E-state index in [9.17, 15) is 9.18 Å². The normalized spacial score (nSPS) is 11.8. The molecular weight excluding hydrogens is 269 g/mol. The molecule has 0 saturated heterocycles. The smallest absolute Gasteiger partial charge is 0.217 e. The molecule has 2 aromatic carbocycles. The number of nitrogens with one attached hydrogen (secondary N) is 1. The number of methoxy groups -OCH3 is 1. The van der Waals surface area contributed by atoms with E-state index in [1.807, 2.05) is 31.2 Å². The Morgan fingerprint density at radius 1 is 1.19 bits per heavy atom. The molecule has 110 valence electrons. The van der Waals surface area contributed by atoms with Crippen LogP contribution in [0.2, 0.25) is 0 Å². The van der Waals surface area contributed by atoms with Crippen LogP contribution in [0.4, 0.5) is 4.39 Å². The molecule has 0 radical (unpaired) electrons. The Morgan fingerprint density at radius 2 is 1.86 bits per heavy atom. The first-order chi connectivity index (χ1) is 10.0. The van der Waals surface area contributed by atoms with Gasteiger partial charge < -0.3 is 10.1 Å². The minimum atomic E-state index is -0.322. The van der Waals surface area contributed by atoms with Crippen molar-refractivity contribution in [3.05, 3.63) is 53.8 Å². The molecule has 4 heteroatoms. The molecule has 0 aliphatic rings. The van der Waals surface area contributed by atoms with Crippen molar-refractivity contribution in [2.45, 2.75) is 19.9 Å². The first-order valence-corrected chi connectivity index (χ1v) is 6.73. The summed E-state index contributed by atoms with van der Waals surface area (Å²) in [5.41, 5.74) is 2.15. The maximum Gasteiger partial charge on any atom is 0.217 e. The second-order valence-corrected chi connectivity index (χ2v) is 4.86. The highest BCUT2D eigenvalue weighted by Crippen LogP contribution is 2.32. The Morgan fingerprint density at radius 3 is 2.43 bits per heavy atom. The van der Waals surface area contributed by atoms with Gasteiger partial charge >= 0.3 is 0 Å². The summed E-state index contributed by atoms with van der Waals surface area (Å²) in [4.78, 5) is 11.1. The van der Waals surface area contributed by atoms with E-state index in [-0.39, 0.29) is 17.8 Å². The van der Waals surface area contributed by atoms with Crippen LogP contribution in [0.25, 0.3) is 11.1 Å². The second kappa shape index (κ2) is 6.39. The quantitative estimate of drug-likeness (QED) is 0.931. The zero-order chi connectivity index (χ0) is 15.4. The molecule has 1 amide bonds. The number of benzene rings is 2. The molecule has 1 N–H and O–H groups in total. The SMILES string of the molecule is COc1cccc(F)c1-c1ccc([C@@H](C)NC(C)=O)cc1. The molecular formula is C17H18FNO2. The van der Waals surface area contributed by atoms with Crippen LogP contribution in [0.3, 0.4) is 0 Å². The van der Waals surface area contributed by atoms with Gasteiger partial charge in [0.05, 0.1) is 18.7 Å². The molecule has 0 heterocycles. The Balaban J connectivity index is 2.33. The summed E-state index contributed by atoms with van der Waals surface area (Å²) in [7, 11) is 1.52. The predicted molar refractivity (Wildman–Crippen MR) is 80.6 cm³/mol. The predicted octanol–water partition coefficient (Wildman–Crippen LogP) is 3.70. The Bertz CT molecular complexity index is 638. The van der Waals surface area contributed by atoms with E-state index in [0.717, 1.165) is 11.1 Å². The van der Waals surface area contributed by atoms with Crippen LogP contribution in [-0.2, 0) is 4.79 Å². The van der Waals surface area contributed by atoms with Crippen molar-refractivity contribution in [3.63, 3.8) is 0 Å². The van der Waals surface area contributed by atoms with E-state index in [1.165, 1.54) is 20.1 Å². The van der Waals surface area contributed by atoms with Gasteiger partial charge in [-0.2, -0.15) is 0 Å². The summed E-state index contributed by atoms with van der Waals surface area (Å²) in [6.07, 6.45) is 0. The van der Waals surface area contributed by atoms with Crippen LogP contribution in [0.15, 0.2) is 42.5 Å². The highest BCUT2D eigenvalue weighted by atomic mass is 19.1. The van der Waals surface area contributed by atoms with Crippen LogP contribution in [-0.4, -0.2) is 13.0 Å². The van der Waals surface area contributed by atoms with E-state index in [1.54, 1.807) is 12.1 Å². The summed E-state index contributed by atoms with van der Waals surface area (Å²) < 4.78 is 19.2. The summed E-state index contributed by atoms with van der Waals surface area (Å²) in [5, 5.41) is 2.81. The molecule has 0 aromatic heterocycles. The minimum Gasteiger partial charge on any atom is -0.496 e. The molecule has 0 aliphatic heterocycles. The highest BCUT2D eigenvalue weighted by molar-refractivity contribution is 5.74. The fourth-order valence-corrected chi connectivity index (χ4v) is 2.28. The number of ether oxygens (including phenoxy) is 1. The number of halogens is 1. The van der Waals surface area contributed by atoms with Gasteiger partial charge in [0.25, 0.3) is 0 Å². The standard InChI is InChI=1S/C17H18FNO2/c1-11(19-12(2)20)13-7-9-14(10-8-13)17-15(18)5-4-6-16(17)21-3/h4-11H,1-3H3,(H,19,20)/t11-/m1/s1. The number of hydrogen-bond donors (Lipinski definition) is 1. The third-order valence-electron chi connectivity index (χ3n) is 3.31. The molecule has 21 heavy (non-hydrogen) atoms. The summed E-state index contributed by atoms with van der Waals surface area (Å²) in [6, 6.07) is 12.1. The van der Waals surface area contributed by atoms with E-state index in [4.69, 9.17) is 4.74 Å². The average molecular weight is 287 g/mol. The lowest BCUT2D eigenvalue weighted by atomic mass is 10.00. The van der Waals surface area contributed by atoms with Gasteiger partial charge in [-0.25, -0.2) is 4.39 Å². The maximum absolute atomic E-state index is 14.0. The Kier molecular flexibility index (Phi) is 4.58. The summed E-state index contributed by atoms with van der Waals surface area (Å²) >= 11 is 0. The van der Waals surface area contributed by atoms with Gasteiger partial charge in [-0.15, -0.1) is 0 Å². The van der Waals surface area contributed by atoms with Crippen LogP contribution in [0, 0.1) is 5.82 Å². The van der Waals surface area contributed by atoms with Gasteiger partial charge in [0.15, 0.2) is 0 Å². The van der Waals surface area contributed by atoms with Crippen molar-refractivity contribution in [2.75, 3.05) is 7.11 Å². The number of amides is 1. The maximum atomic E-state index is 14.0. The third-order valence-corrected chi connectivity index (χ3v) is 3.31. The van der Waals surface area contributed by atoms with Gasteiger partial charge in [0, 0.05) is 6.92 Å². The lowest BCUT2D eigenvalue weighted by Gasteiger charge is -2.14. The van der Waals surface area contributed by atoms with Gasteiger partial charge in [-0.3, -0.25) is 4.79 Å². The van der Waals surface area contributed by atoms with Crippen molar-refractivity contribution in [3.8, 4) is 16.9 Å². The zero-order valence-electron chi connectivity index (χ0n) is 12.3. The Hall–Kier alpha value is -2.36. The highest BCUT2D eigenvalue weighted by Gasteiger charge is 2.12. The van der Waals surface area contributed by atoms with E-state index >= 15 is 0 Å². The van der Waals surface area contributed by atoms with Gasteiger partial charge in [0.1, 0.15) is 11.6 Å². The molecule has 0 unspecified atom stereocenters. The van der Waals surface area contributed by atoms with Crippen molar-refractivity contribution in [1.82, 2.24) is 5.32 Å². The molecule has 1 atom stereocenters. The Labute approximate surface area is 123 Å². The van der Waals surface area contributed by atoms with Crippen LogP contribution < -0.4 is 10.1 Å². The van der Waals surface area contributed by atoms with Crippen molar-refractivity contribution in [2.24, 2.45) is 0 Å². The largest absolute Gasteiger partial charge is 0.496 e. The average Bonchev–Trinajstić information content (AvgIpc) is 2.46. The van der Waals surface area contributed by atoms with E-state index in [2.05, 4.69) is 5.32 Å². The molecule has 0 fully saturated rings. The fraction of sp³-hybridized carbons (Fsp3) is 0.235. The van der Waals surface area contributed by atoms with Crippen LogP contribution in [0.1, 0.15) is 25.5 Å². The third kappa shape index (κ3) is 3.40. The number of carbonyl (C=O) groups is 1.